The van der Waals surface area contributed by atoms with Gasteiger partial charge in [-0.05, 0) is 49.4 Å². The molecule has 4 heteroatoms. The zero-order valence-corrected chi connectivity index (χ0v) is 10.7. The Morgan fingerprint density at radius 1 is 0.947 bits per heavy atom. The largest absolute Gasteiger partial charge is 0.309 e. The quantitative estimate of drug-likeness (QED) is 0.891. The summed E-state index contributed by atoms with van der Waals surface area (Å²) in [4.78, 5) is 0. The zero-order valence-electron chi connectivity index (χ0n) is 10.7. The molecule has 0 aliphatic rings. The molecule has 0 bridgehead atoms. The number of halogens is 3. The Labute approximate surface area is 110 Å². The molecule has 0 saturated carbocycles. The molecule has 100 valence electrons. The SMILES string of the molecule is CNC(c1ccc(F)cc1)c1cc(F)c(C)cc1F. The van der Waals surface area contributed by atoms with E-state index in [1.165, 1.54) is 31.2 Å². The fourth-order valence-electron chi connectivity index (χ4n) is 2.04. The van der Waals surface area contributed by atoms with Crippen molar-refractivity contribution in [2.75, 3.05) is 7.05 Å². The van der Waals surface area contributed by atoms with Gasteiger partial charge in [0.15, 0.2) is 0 Å². The lowest BCUT2D eigenvalue weighted by atomic mass is 9.97. The first-order valence-electron chi connectivity index (χ1n) is 5.91. The maximum absolute atomic E-state index is 14.0. The summed E-state index contributed by atoms with van der Waals surface area (Å²) in [5.41, 5.74) is 1.14. The molecule has 1 atom stereocenters. The summed E-state index contributed by atoms with van der Waals surface area (Å²) in [6.07, 6.45) is 0. The number of benzene rings is 2. The zero-order chi connectivity index (χ0) is 14.0. The highest BCUT2D eigenvalue weighted by Gasteiger charge is 2.18. The fraction of sp³-hybridized carbons (Fsp3) is 0.200. The normalized spacial score (nSPS) is 12.5. The highest BCUT2D eigenvalue weighted by Crippen LogP contribution is 2.26. The lowest BCUT2D eigenvalue weighted by Crippen LogP contribution is -2.19. The van der Waals surface area contributed by atoms with Crippen LogP contribution in [0.5, 0.6) is 0 Å². The van der Waals surface area contributed by atoms with Crippen molar-refractivity contribution in [2.24, 2.45) is 0 Å². The highest BCUT2D eigenvalue weighted by molar-refractivity contribution is 5.35. The van der Waals surface area contributed by atoms with E-state index in [-0.39, 0.29) is 16.9 Å². The van der Waals surface area contributed by atoms with Gasteiger partial charge in [-0.25, -0.2) is 13.2 Å². The van der Waals surface area contributed by atoms with Gasteiger partial charge in [-0.3, -0.25) is 0 Å². The molecule has 19 heavy (non-hydrogen) atoms. The van der Waals surface area contributed by atoms with Gasteiger partial charge in [0.1, 0.15) is 17.5 Å². The van der Waals surface area contributed by atoms with E-state index in [9.17, 15) is 13.2 Å². The van der Waals surface area contributed by atoms with Crippen LogP contribution < -0.4 is 5.32 Å². The van der Waals surface area contributed by atoms with Crippen LogP contribution in [0.1, 0.15) is 22.7 Å². The first-order valence-corrected chi connectivity index (χ1v) is 5.91. The molecule has 1 unspecified atom stereocenters. The van der Waals surface area contributed by atoms with Crippen LogP contribution in [-0.4, -0.2) is 7.05 Å². The van der Waals surface area contributed by atoms with Crippen molar-refractivity contribution in [1.82, 2.24) is 5.32 Å². The first kappa shape index (κ1) is 13.6. The molecule has 0 fully saturated rings. The van der Waals surface area contributed by atoms with Gasteiger partial charge in [0.25, 0.3) is 0 Å². The molecule has 0 amide bonds. The number of rotatable bonds is 3. The van der Waals surface area contributed by atoms with E-state index in [1.54, 1.807) is 19.2 Å². The predicted molar refractivity (Wildman–Crippen MR) is 68.4 cm³/mol. The van der Waals surface area contributed by atoms with Crippen LogP contribution in [0.25, 0.3) is 0 Å². The van der Waals surface area contributed by atoms with Crippen molar-refractivity contribution in [1.29, 1.82) is 0 Å². The Hall–Kier alpha value is -1.81. The number of hydrogen-bond acceptors (Lipinski definition) is 1. The van der Waals surface area contributed by atoms with E-state index < -0.39 is 17.7 Å². The van der Waals surface area contributed by atoms with Crippen molar-refractivity contribution in [3.63, 3.8) is 0 Å². The maximum Gasteiger partial charge on any atom is 0.128 e. The third-order valence-electron chi connectivity index (χ3n) is 3.08. The molecular formula is C15H14F3N. The third kappa shape index (κ3) is 2.79. The summed E-state index contributed by atoms with van der Waals surface area (Å²) in [5, 5.41) is 2.91. The molecule has 0 aromatic heterocycles. The molecule has 0 heterocycles. The Morgan fingerprint density at radius 3 is 2.16 bits per heavy atom. The second-order valence-corrected chi connectivity index (χ2v) is 4.40. The van der Waals surface area contributed by atoms with Gasteiger partial charge < -0.3 is 5.32 Å². The van der Waals surface area contributed by atoms with Crippen LogP contribution in [-0.2, 0) is 0 Å². The molecule has 0 saturated heterocycles. The monoisotopic (exact) mass is 265 g/mol. The topological polar surface area (TPSA) is 12.0 Å². The summed E-state index contributed by atoms with van der Waals surface area (Å²) in [7, 11) is 1.64. The van der Waals surface area contributed by atoms with Crippen LogP contribution >= 0.6 is 0 Å². The summed E-state index contributed by atoms with van der Waals surface area (Å²) in [6, 6.07) is 7.51. The average molecular weight is 265 g/mol. The minimum atomic E-state index is -0.518. The lowest BCUT2D eigenvalue weighted by Gasteiger charge is -2.18. The van der Waals surface area contributed by atoms with Crippen LogP contribution in [0, 0.1) is 24.4 Å². The Kier molecular flexibility index (Phi) is 3.90. The third-order valence-corrected chi connectivity index (χ3v) is 3.08. The van der Waals surface area contributed by atoms with Gasteiger partial charge in [0.2, 0.25) is 0 Å². The van der Waals surface area contributed by atoms with Crippen LogP contribution in [0.2, 0.25) is 0 Å². The van der Waals surface area contributed by atoms with Crippen molar-refractivity contribution >= 4 is 0 Å². The molecule has 0 aliphatic carbocycles. The number of hydrogen-bond donors (Lipinski definition) is 1. The first-order chi connectivity index (χ1) is 9.02. The second kappa shape index (κ2) is 5.45. The highest BCUT2D eigenvalue weighted by atomic mass is 19.1. The molecule has 2 aromatic rings. The van der Waals surface area contributed by atoms with E-state index in [0.717, 1.165) is 0 Å². The van der Waals surface area contributed by atoms with Crippen LogP contribution in [0.15, 0.2) is 36.4 Å². The van der Waals surface area contributed by atoms with Gasteiger partial charge >= 0.3 is 0 Å². The fourth-order valence-corrected chi connectivity index (χ4v) is 2.04. The summed E-state index contributed by atoms with van der Waals surface area (Å²) >= 11 is 0. The molecular weight excluding hydrogens is 251 g/mol. The Balaban J connectivity index is 2.47. The summed E-state index contributed by atoms with van der Waals surface area (Å²) in [5.74, 6) is -1.31. The standard InChI is InChI=1S/C15H14F3N/c1-9-7-14(18)12(8-13(9)17)15(19-2)10-3-5-11(16)6-4-10/h3-8,15,19H,1-2H3. The van der Waals surface area contributed by atoms with Gasteiger partial charge in [-0.1, -0.05) is 12.1 Å². The van der Waals surface area contributed by atoms with E-state index in [2.05, 4.69) is 5.32 Å². The lowest BCUT2D eigenvalue weighted by molar-refractivity contribution is 0.553. The predicted octanol–water partition coefficient (Wildman–Crippen LogP) is 3.72. The molecule has 0 radical (unpaired) electrons. The van der Waals surface area contributed by atoms with Gasteiger partial charge in [0, 0.05) is 5.56 Å². The van der Waals surface area contributed by atoms with E-state index >= 15 is 0 Å². The van der Waals surface area contributed by atoms with E-state index in [4.69, 9.17) is 0 Å². The van der Waals surface area contributed by atoms with Gasteiger partial charge in [-0.2, -0.15) is 0 Å². The molecule has 2 aromatic carbocycles. The van der Waals surface area contributed by atoms with Crippen molar-refractivity contribution in [3.05, 3.63) is 70.5 Å². The number of nitrogens with one attached hydrogen (secondary N) is 1. The molecule has 2 rings (SSSR count). The molecule has 1 N–H and O–H groups in total. The maximum atomic E-state index is 14.0. The minimum Gasteiger partial charge on any atom is -0.309 e. The van der Waals surface area contributed by atoms with Crippen molar-refractivity contribution in [2.45, 2.75) is 13.0 Å². The average Bonchev–Trinajstić information content (AvgIpc) is 2.38. The molecule has 0 spiro atoms. The summed E-state index contributed by atoms with van der Waals surface area (Å²) in [6.45, 7) is 1.51. The molecule has 1 nitrogen and oxygen atoms in total. The Bertz CT molecular complexity index is 579. The van der Waals surface area contributed by atoms with Crippen LogP contribution in [0.4, 0.5) is 13.2 Å². The van der Waals surface area contributed by atoms with Crippen LogP contribution in [0.3, 0.4) is 0 Å². The smallest absolute Gasteiger partial charge is 0.128 e. The van der Waals surface area contributed by atoms with Crippen molar-refractivity contribution in [3.8, 4) is 0 Å². The second-order valence-electron chi connectivity index (χ2n) is 4.40. The molecule has 0 aliphatic heterocycles. The van der Waals surface area contributed by atoms with Crippen molar-refractivity contribution < 1.29 is 13.2 Å². The van der Waals surface area contributed by atoms with Gasteiger partial charge in [-0.15, -0.1) is 0 Å². The minimum absolute atomic E-state index is 0.206. The van der Waals surface area contributed by atoms with Gasteiger partial charge in [0.05, 0.1) is 6.04 Å². The van der Waals surface area contributed by atoms with E-state index in [1.807, 2.05) is 0 Å². The number of aryl methyl sites for hydroxylation is 1. The summed E-state index contributed by atoms with van der Waals surface area (Å²) < 4.78 is 40.4. The Morgan fingerprint density at radius 2 is 1.58 bits per heavy atom. The van der Waals surface area contributed by atoms with E-state index in [0.29, 0.717) is 5.56 Å².